The topological polar surface area (TPSA) is 74.2 Å². The van der Waals surface area contributed by atoms with Gasteiger partial charge in [0.25, 0.3) is 0 Å². The number of para-hydroxylation sites is 7. The highest BCUT2D eigenvalue weighted by Crippen LogP contribution is 2.51. The molecule has 8 aromatic rings. The number of rotatable bonds is 3. The van der Waals surface area contributed by atoms with Crippen molar-refractivity contribution in [3.63, 3.8) is 0 Å². The summed E-state index contributed by atoms with van der Waals surface area (Å²) < 4.78 is 15.1. The van der Waals surface area contributed by atoms with Crippen LogP contribution in [0.1, 0.15) is 11.1 Å². The normalized spacial score (nSPS) is 12.2. The molecule has 0 atom stereocenters. The number of anilines is 3. The molecule has 0 bridgehead atoms. The number of fused-ring (bicyclic) bond motifs is 7. The van der Waals surface area contributed by atoms with Crippen molar-refractivity contribution in [3.8, 4) is 63.1 Å². The predicted octanol–water partition coefficient (Wildman–Crippen LogP) is 11.5. The highest BCUT2D eigenvalue weighted by molar-refractivity contribution is 6.13. The Labute approximate surface area is 287 Å². The molecular formula is C44H24N4O2. The van der Waals surface area contributed by atoms with Gasteiger partial charge in [0.2, 0.25) is 0 Å². The SMILES string of the molecule is N#Cc1cc(-c2cc(C#N)cc(N3c4ccccc4Oc4ccccc43)c2)cc(-c2cc3c4c(c2)c2ccccc2n4-c2ccccc2O3)c1. The number of nitrogens with zero attached hydrogens (tertiary/aromatic N) is 4. The second kappa shape index (κ2) is 10.6. The molecule has 0 amide bonds. The molecule has 6 nitrogen and oxygen atoms in total. The quantitative estimate of drug-likeness (QED) is 0.192. The van der Waals surface area contributed by atoms with E-state index in [0.29, 0.717) is 11.1 Å². The van der Waals surface area contributed by atoms with Gasteiger partial charge in [0.15, 0.2) is 23.0 Å². The van der Waals surface area contributed by atoms with Crippen LogP contribution in [0.25, 0.3) is 49.7 Å². The maximum Gasteiger partial charge on any atom is 0.152 e. The van der Waals surface area contributed by atoms with Crippen LogP contribution in [0.15, 0.2) is 146 Å². The van der Waals surface area contributed by atoms with Crippen LogP contribution >= 0.6 is 0 Å². The summed E-state index contributed by atoms with van der Waals surface area (Å²) in [7, 11) is 0. The minimum Gasteiger partial charge on any atom is -0.453 e. The number of ether oxygens (including phenoxy) is 2. The molecule has 0 N–H and O–H groups in total. The van der Waals surface area contributed by atoms with Gasteiger partial charge in [-0.15, -0.1) is 0 Å². The first-order valence-corrected chi connectivity index (χ1v) is 16.3. The first kappa shape index (κ1) is 27.8. The van der Waals surface area contributed by atoms with E-state index in [4.69, 9.17) is 9.47 Å². The Bertz CT molecular complexity index is 2770. The summed E-state index contributed by atoms with van der Waals surface area (Å²) in [6.07, 6.45) is 0. The van der Waals surface area contributed by atoms with Gasteiger partial charge in [-0.2, -0.15) is 10.5 Å². The molecule has 0 unspecified atom stereocenters. The number of aromatic nitrogens is 1. The molecule has 2 aliphatic rings. The summed E-state index contributed by atoms with van der Waals surface area (Å²) in [5.74, 6) is 3.01. The third-order valence-electron chi connectivity index (χ3n) is 9.53. The largest absolute Gasteiger partial charge is 0.453 e. The second-order valence-corrected chi connectivity index (χ2v) is 12.5. The maximum absolute atomic E-state index is 10.2. The van der Waals surface area contributed by atoms with Crippen LogP contribution in [-0.4, -0.2) is 4.57 Å². The molecule has 0 spiro atoms. The lowest BCUT2D eigenvalue weighted by atomic mass is 9.94. The minimum absolute atomic E-state index is 0.508. The molecule has 10 rings (SSSR count). The Balaban J connectivity index is 1.16. The van der Waals surface area contributed by atoms with Gasteiger partial charge in [-0.1, -0.05) is 54.6 Å². The molecule has 0 radical (unpaired) electrons. The van der Waals surface area contributed by atoms with E-state index < -0.39 is 0 Å². The van der Waals surface area contributed by atoms with E-state index in [1.165, 1.54) is 0 Å². The summed E-state index contributed by atoms with van der Waals surface area (Å²) >= 11 is 0. The van der Waals surface area contributed by atoms with Crippen LogP contribution in [-0.2, 0) is 0 Å². The fourth-order valence-corrected chi connectivity index (χ4v) is 7.38. The Morgan fingerprint density at radius 3 is 1.64 bits per heavy atom. The predicted molar refractivity (Wildman–Crippen MR) is 196 cm³/mol. The number of benzene rings is 7. The highest BCUT2D eigenvalue weighted by Gasteiger charge is 2.27. The first-order chi connectivity index (χ1) is 24.7. The smallest absolute Gasteiger partial charge is 0.152 e. The number of hydrogen-bond acceptors (Lipinski definition) is 5. The lowest BCUT2D eigenvalue weighted by Crippen LogP contribution is -2.15. The zero-order valence-electron chi connectivity index (χ0n) is 26.5. The molecule has 0 saturated carbocycles. The molecule has 0 fully saturated rings. The van der Waals surface area contributed by atoms with E-state index in [1.54, 1.807) is 0 Å². The molecule has 50 heavy (non-hydrogen) atoms. The van der Waals surface area contributed by atoms with Gasteiger partial charge < -0.3 is 18.9 Å². The monoisotopic (exact) mass is 640 g/mol. The van der Waals surface area contributed by atoms with Crippen molar-refractivity contribution in [1.82, 2.24) is 4.57 Å². The van der Waals surface area contributed by atoms with Gasteiger partial charge in [-0.3, -0.25) is 0 Å². The molecule has 2 aliphatic heterocycles. The number of hydrogen-bond donors (Lipinski definition) is 0. The van der Waals surface area contributed by atoms with Crippen LogP contribution in [0, 0.1) is 22.7 Å². The van der Waals surface area contributed by atoms with Gasteiger partial charge in [0.05, 0.1) is 51.4 Å². The van der Waals surface area contributed by atoms with Gasteiger partial charge in [0, 0.05) is 16.5 Å². The third-order valence-corrected chi connectivity index (χ3v) is 9.53. The second-order valence-electron chi connectivity index (χ2n) is 12.5. The van der Waals surface area contributed by atoms with Crippen LogP contribution in [0.3, 0.4) is 0 Å². The Morgan fingerprint density at radius 1 is 0.440 bits per heavy atom. The summed E-state index contributed by atoms with van der Waals surface area (Å²) in [5, 5.41) is 22.7. The van der Waals surface area contributed by atoms with Gasteiger partial charge in [-0.25, -0.2) is 0 Å². The molecule has 0 aliphatic carbocycles. The van der Waals surface area contributed by atoms with Crippen LogP contribution in [0.4, 0.5) is 17.1 Å². The van der Waals surface area contributed by atoms with Crippen molar-refractivity contribution in [2.75, 3.05) is 4.90 Å². The Morgan fingerprint density at radius 2 is 0.960 bits per heavy atom. The zero-order chi connectivity index (χ0) is 33.3. The van der Waals surface area contributed by atoms with Crippen molar-refractivity contribution in [2.24, 2.45) is 0 Å². The standard InChI is InChI=1S/C44H24N4O2/c45-25-27-17-29(31-19-28(26-46)20-33(22-31)47-37-11-3-6-14-40(37)49-41-15-7-4-12-38(41)47)21-30(18-27)32-23-35-34-9-1-2-10-36(34)48-39-13-5-8-16-42(39)50-43(24-32)44(35)48/h1-24H. The Kier molecular flexibility index (Phi) is 5.90. The molecule has 7 aromatic carbocycles. The molecule has 3 heterocycles. The minimum atomic E-state index is 0.508. The Hall–Kier alpha value is -7.28. The summed E-state index contributed by atoms with van der Waals surface area (Å²) in [4.78, 5) is 2.12. The van der Waals surface area contributed by atoms with Crippen molar-refractivity contribution in [1.29, 1.82) is 10.5 Å². The molecule has 232 valence electrons. The summed E-state index contributed by atoms with van der Waals surface area (Å²) in [5.41, 5.74) is 10.2. The zero-order valence-corrected chi connectivity index (χ0v) is 26.5. The lowest BCUT2D eigenvalue weighted by Gasteiger charge is -2.33. The van der Waals surface area contributed by atoms with Crippen molar-refractivity contribution >= 4 is 38.9 Å². The average Bonchev–Trinajstić information content (AvgIpc) is 3.51. The van der Waals surface area contributed by atoms with Crippen LogP contribution < -0.4 is 14.4 Å². The maximum atomic E-state index is 10.2. The van der Waals surface area contributed by atoms with Crippen LogP contribution in [0.2, 0.25) is 0 Å². The van der Waals surface area contributed by atoms with Crippen LogP contribution in [0.5, 0.6) is 23.0 Å². The fourth-order valence-electron chi connectivity index (χ4n) is 7.38. The van der Waals surface area contributed by atoms with E-state index in [-0.39, 0.29) is 0 Å². The third kappa shape index (κ3) is 4.13. The average molecular weight is 641 g/mol. The highest BCUT2D eigenvalue weighted by atomic mass is 16.5. The lowest BCUT2D eigenvalue weighted by molar-refractivity contribution is 0.476. The van der Waals surface area contributed by atoms with Gasteiger partial charge >= 0.3 is 0 Å². The molecular weight excluding hydrogens is 617 g/mol. The molecule has 0 saturated heterocycles. The van der Waals surface area contributed by atoms with Gasteiger partial charge in [-0.05, 0) is 113 Å². The van der Waals surface area contributed by atoms with Gasteiger partial charge in [0.1, 0.15) is 0 Å². The first-order valence-electron chi connectivity index (χ1n) is 16.3. The molecule has 1 aromatic heterocycles. The van der Waals surface area contributed by atoms with Crippen molar-refractivity contribution in [3.05, 3.63) is 157 Å². The fraction of sp³-hybridized carbons (Fsp3) is 0. The van der Waals surface area contributed by atoms with E-state index in [9.17, 15) is 10.5 Å². The summed E-state index contributed by atoms with van der Waals surface area (Å²) in [6, 6.07) is 53.0. The number of nitriles is 2. The summed E-state index contributed by atoms with van der Waals surface area (Å²) in [6.45, 7) is 0. The van der Waals surface area contributed by atoms with E-state index >= 15 is 0 Å². The van der Waals surface area contributed by atoms with E-state index in [0.717, 1.165) is 89.8 Å². The van der Waals surface area contributed by atoms with E-state index in [1.807, 2.05) is 91.0 Å². The van der Waals surface area contributed by atoms with Crippen molar-refractivity contribution < 1.29 is 9.47 Å². The van der Waals surface area contributed by atoms with E-state index in [2.05, 4.69) is 76.2 Å². The van der Waals surface area contributed by atoms with Crippen molar-refractivity contribution in [2.45, 2.75) is 0 Å². The molecule has 6 heteroatoms.